The van der Waals surface area contributed by atoms with Gasteiger partial charge in [-0.25, -0.2) is 0 Å². The van der Waals surface area contributed by atoms with Gasteiger partial charge in [0.1, 0.15) is 0 Å². The van der Waals surface area contributed by atoms with Crippen molar-refractivity contribution in [2.24, 2.45) is 0 Å². The summed E-state index contributed by atoms with van der Waals surface area (Å²) in [5.41, 5.74) is 1.84. The molecular weight excluding hydrogens is 190 g/mol. The lowest BCUT2D eigenvalue weighted by molar-refractivity contribution is 0.101. The second kappa shape index (κ2) is 5.51. The topological polar surface area (TPSA) is 29.5 Å². The lowest BCUT2D eigenvalue weighted by Crippen LogP contribution is -2.21. The van der Waals surface area contributed by atoms with Crippen molar-refractivity contribution < 1.29 is 9.53 Å². The quantitative estimate of drug-likeness (QED) is 0.691. The fourth-order valence-electron chi connectivity index (χ4n) is 1.31. The first kappa shape index (κ1) is 11.7. The van der Waals surface area contributed by atoms with E-state index in [1.807, 2.05) is 31.3 Å². The van der Waals surface area contributed by atoms with Crippen LogP contribution in [0.4, 0.5) is 5.69 Å². The largest absolute Gasteiger partial charge is 0.383 e. The average molecular weight is 207 g/mol. The maximum Gasteiger partial charge on any atom is 0.159 e. The van der Waals surface area contributed by atoms with Crippen LogP contribution in [0, 0.1) is 0 Å². The summed E-state index contributed by atoms with van der Waals surface area (Å²) in [6, 6.07) is 7.60. The van der Waals surface area contributed by atoms with Gasteiger partial charge in [0.25, 0.3) is 0 Å². The number of carbonyl (C=O) groups is 1. The Morgan fingerprint density at radius 1 is 1.33 bits per heavy atom. The molecule has 0 saturated heterocycles. The first-order chi connectivity index (χ1) is 7.15. The van der Waals surface area contributed by atoms with E-state index < -0.39 is 0 Å². The molecule has 3 nitrogen and oxygen atoms in total. The van der Waals surface area contributed by atoms with Gasteiger partial charge in [-0.2, -0.15) is 0 Å². The van der Waals surface area contributed by atoms with Gasteiger partial charge in [0.2, 0.25) is 0 Å². The van der Waals surface area contributed by atoms with Gasteiger partial charge in [0.05, 0.1) is 6.61 Å². The highest BCUT2D eigenvalue weighted by Crippen LogP contribution is 2.13. The molecule has 0 spiro atoms. The molecule has 0 unspecified atom stereocenters. The number of anilines is 1. The van der Waals surface area contributed by atoms with E-state index in [-0.39, 0.29) is 5.78 Å². The molecule has 0 aliphatic heterocycles. The molecule has 0 saturated carbocycles. The minimum absolute atomic E-state index is 0.0982. The van der Waals surface area contributed by atoms with Crippen molar-refractivity contribution in [3.05, 3.63) is 29.8 Å². The normalized spacial score (nSPS) is 10.1. The van der Waals surface area contributed by atoms with Gasteiger partial charge in [-0.15, -0.1) is 0 Å². The second-order valence-electron chi connectivity index (χ2n) is 3.52. The molecule has 1 rings (SSSR count). The predicted molar refractivity (Wildman–Crippen MR) is 61.6 cm³/mol. The second-order valence-corrected chi connectivity index (χ2v) is 3.52. The summed E-state index contributed by atoms with van der Waals surface area (Å²) in [6.45, 7) is 3.12. The summed E-state index contributed by atoms with van der Waals surface area (Å²) in [5, 5.41) is 0. The maximum atomic E-state index is 11.1. The number of hydrogen-bond donors (Lipinski definition) is 0. The molecule has 1 aromatic rings. The molecule has 0 bridgehead atoms. The van der Waals surface area contributed by atoms with E-state index >= 15 is 0 Å². The molecule has 0 heterocycles. The summed E-state index contributed by atoms with van der Waals surface area (Å²) >= 11 is 0. The maximum absolute atomic E-state index is 11.1. The van der Waals surface area contributed by atoms with E-state index in [2.05, 4.69) is 4.90 Å². The molecule has 0 atom stereocenters. The van der Waals surface area contributed by atoms with Crippen molar-refractivity contribution in [3.8, 4) is 0 Å². The zero-order valence-corrected chi connectivity index (χ0v) is 9.49. The Labute approximate surface area is 90.7 Å². The van der Waals surface area contributed by atoms with Crippen LogP contribution in [0.5, 0.6) is 0 Å². The zero-order chi connectivity index (χ0) is 11.3. The van der Waals surface area contributed by atoms with Crippen molar-refractivity contribution in [1.29, 1.82) is 0 Å². The Morgan fingerprint density at radius 3 is 2.40 bits per heavy atom. The standard InChI is InChI=1S/C12H17NO2/c1-10(14)11-4-6-12(7-5-11)13(2)8-9-15-3/h4-7H,8-9H2,1-3H3. The van der Waals surface area contributed by atoms with E-state index in [0.717, 1.165) is 17.8 Å². The van der Waals surface area contributed by atoms with Crippen LogP contribution >= 0.6 is 0 Å². The van der Waals surface area contributed by atoms with Crippen molar-refractivity contribution in [2.45, 2.75) is 6.92 Å². The Morgan fingerprint density at radius 2 is 1.93 bits per heavy atom. The fourth-order valence-corrected chi connectivity index (χ4v) is 1.31. The highest BCUT2D eigenvalue weighted by atomic mass is 16.5. The van der Waals surface area contributed by atoms with Crippen LogP contribution in [-0.2, 0) is 4.74 Å². The number of nitrogens with zero attached hydrogens (tertiary/aromatic N) is 1. The lowest BCUT2D eigenvalue weighted by Gasteiger charge is -2.18. The molecule has 0 radical (unpaired) electrons. The van der Waals surface area contributed by atoms with Crippen LogP contribution in [0.2, 0.25) is 0 Å². The molecule has 0 N–H and O–H groups in total. The highest BCUT2D eigenvalue weighted by Gasteiger charge is 2.02. The van der Waals surface area contributed by atoms with Gasteiger partial charge in [0.15, 0.2) is 5.78 Å². The zero-order valence-electron chi connectivity index (χ0n) is 9.49. The average Bonchev–Trinajstić information content (AvgIpc) is 2.26. The SMILES string of the molecule is COCCN(C)c1ccc(C(C)=O)cc1. The number of Topliss-reactive ketones (excluding diaryl/α,β-unsaturated/α-hetero) is 1. The number of methoxy groups -OCH3 is 1. The number of ether oxygens (including phenoxy) is 1. The summed E-state index contributed by atoms with van der Waals surface area (Å²) in [7, 11) is 3.69. The van der Waals surface area contributed by atoms with Crippen LogP contribution in [0.15, 0.2) is 24.3 Å². The third kappa shape index (κ3) is 3.36. The van der Waals surface area contributed by atoms with Crippen molar-refractivity contribution in [1.82, 2.24) is 0 Å². The molecule has 0 aliphatic carbocycles. The van der Waals surface area contributed by atoms with E-state index in [0.29, 0.717) is 6.61 Å². The first-order valence-electron chi connectivity index (χ1n) is 4.96. The number of ketones is 1. The number of rotatable bonds is 5. The van der Waals surface area contributed by atoms with E-state index in [1.165, 1.54) is 0 Å². The molecule has 0 aliphatic rings. The fraction of sp³-hybridized carbons (Fsp3) is 0.417. The van der Waals surface area contributed by atoms with Crippen molar-refractivity contribution in [2.75, 3.05) is 32.2 Å². The Bertz CT molecular complexity index is 319. The Balaban J connectivity index is 2.66. The van der Waals surface area contributed by atoms with E-state index in [9.17, 15) is 4.79 Å². The number of benzene rings is 1. The minimum Gasteiger partial charge on any atom is -0.383 e. The summed E-state index contributed by atoms with van der Waals surface area (Å²) < 4.78 is 5.00. The summed E-state index contributed by atoms with van der Waals surface area (Å²) in [5.74, 6) is 0.0982. The Hall–Kier alpha value is -1.35. The van der Waals surface area contributed by atoms with Gasteiger partial charge in [0, 0.05) is 32.0 Å². The van der Waals surface area contributed by atoms with Gasteiger partial charge in [-0.1, -0.05) is 0 Å². The third-order valence-corrected chi connectivity index (χ3v) is 2.35. The predicted octanol–water partition coefficient (Wildman–Crippen LogP) is 1.97. The molecule has 0 amide bonds. The number of hydrogen-bond acceptors (Lipinski definition) is 3. The smallest absolute Gasteiger partial charge is 0.159 e. The van der Waals surface area contributed by atoms with Crippen LogP contribution < -0.4 is 4.90 Å². The van der Waals surface area contributed by atoms with E-state index in [4.69, 9.17) is 4.74 Å². The third-order valence-electron chi connectivity index (χ3n) is 2.35. The van der Waals surface area contributed by atoms with Gasteiger partial charge in [-0.05, 0) is 31.2 Å². The highest BCUT2D eigenvalue weighted by molar-refractivity contribution is 5.94. The lowest BCUT2D eigenvalue weighted by atomic mass is 10.1. The monoisotopic (exact) mass is 207 g/mol. The summed E-state index contributed by atoms with van der Waals surface area (Å²) in [6.07, 6.45) is 0. The summed E-state index contributed by atoms with van der Waals surface area (Å²) in [4.78, 5) is 13.2. The van der Waals surface area contributed by atoms with Crippen LogP contribution in [0.1, 0.15) is 17.3 Å². The molecule has 15 heavy (non-hydrogen) atoms. The molecule has 0 aromatic heterocycles. The van der Waals surface area contributed by atoms with Gasteiger partial charge < -0.3 is 9.64 Å². The van der Waals surface area contributed by atoms with Crippen LogP contribution in [0.25, 0.3) is 0 Å². The Kier molecular flexibility index (Phi) is 4.31. The number of carbonyl (C=O) groups excluding carboxylic acids is 1. The van der Waals surface area contributed by atoms with Crippen LogP contribution in [0.3, 0.4) is 0 Å². The minimum atomic E-state index is 0.0982. The molecule has 3 heteroatoms. The van der Waals surface area contributed by atoms with Crippen molar-refractivity contribution in [3.63, 3.8) is 0 Å². The van der Waals surface area contributed by atoms with E-state index in [1.54, 1.807) is 14.0 Å². The van der Waals surface area contributed by atoms with Crippen LogP contribution in [-0.4, -0.2) is 33.1 Å². The van der Waals surface area contributed by atoms with Gasteiger partial charge >= 0.3 is 0 Å². The molecular formula is C12H17NO2. The molecule has 1 aromatic carbocycles. The van der Waals surface area contributed by atoms with Gasteiger partial charge in [-0.3, -0.25) is 4.79 Å². The molecule has 0 fully saturated rings. The van der Waals surface area contributed by atoms with Crippen molar-refractivity contribution >= 4 is 11.5 Å². The molecule has 82 valence electrons. The number of likely N-dealkylation sites (N-methyl/N-ethyl adjacent to an activating group) is 1. The first-order valence-corrected chi connectivity index (χ1v) is 4.96.